The number of rotatable bonds is 3. The Balaban J connectivity index is 1.68. The van der Waals surface area contributed by atoms with E-state index in [9.17, 15) is 4.79 Å². The quantitative estimate of drug-likeness (QED) is 0.932. The Kier molecular flexibility index (Phi) is 4.78. The predicted octanol–water partition coefficient (Wildman–Crippen LogP) is 2.86. The lowest BCUT2D eigenvalue weighted by atomic mass is 9.91. The first kappa shape index (κ1) is 16.8. The zero-order valence-corrected chi connectivity index (χ0v) is 14.5. The van der Waals surface area contributed by atoms with Crippen LogP contribution in [0.2, 0.25) is 5.02 Å². The number of carbonyl (C=O) groups excluding carboxylic acids is 1. The number of nitrogens with zero attached hydrogens (tertiary/aromatic N) is 2. The number of benzene rings is 2. The third-order valence-corrected chi connectivity index (χ3v) is 4.90. The van der Waals surface area contributed by atoms with Crippen LogP contribution in [0.15, 0.2) is 54.6 Å². The molecule has 2 aromatic carbocycles. The van der Waals surface area contributed by atoms with Crippen molar-refractivity contribution in [3.8, 4) is 0 Å². The lowest BCUT2D eigenvalue weighted by Gasteiger charge is -2.39. The number of nitrogens with two attached hydrogens (primary N) is 1. The molecule has 0 spiro atoms. The number of para-hydroxylation sites is 1. The van der Waals surface area contributed by atoms with Gasteiger partial charge in [-0.15, -0.1) is 0 Å². The van der Waals surface area contributed by atoms with Crippen LogP contribution in [0.3, 0.4) is 0 Å². The average Bonchev–Trinajstić information content (AvgIpc) is 2.62. The number of hydrogen-bond donors (Lipinski definition) is 1. The summed E-state index contributed by atoms with van der Waals surface area (Å²) < 4.78 is 0. The van der Waals surface area contributed by atoms with E-state index in [-0.39, 0.29) is 5.91 Å². The minimum absolute atomic E-state index is 0.0347. The summed E-state index contributed by atoms with van der Waals surface area (Å²) in [4.78, 5) is 16.9. The summed E-state index contributed by atoms with van der Waals surface area (Å²) in [7, 11) is 0. The second-order valence-electron chi connectivity index (χ2n) is 6.30. The number of amides is 1. The molecule has 1 fully saturated rings. The summed E-state index contributed by atoms with van der Waals surface area (Å²) in [6.45, 7) is 4.57. The van der Waals surface area contributed by atoms with Gasteiger partial charge in [-0.1, -0.05) is 54.1 Å². The molecule has 0 aliphatic carbocycles. The van der Waals surface area contributed by atoms with Crippen molar-refractivity contribution in [1.29, 1.82) is 0 Å². The van der Waals surface area contributed by atoms with Crippen molar-refractivity contribution in [2.45, 2.75) is 12.5 Å². The zero-order chi connectivity index (χ0) is 17.2. The van der Waals surface area contributed by atoms with Crippen molar-refractivity contribution in [2.75, 3.05) is 31.1 Å². The third kappa shape index (κ3) is 3.25. The lowest BCUT2D eigenvalue weighted by Crippen LogP contribution is -2.56. The van der Waals surface area contributed by atoms with Gasteiger partial charge in [0.25, 0.3) is 0 Å². The van der Waals surface area contributed by atoms with Crippen LogP contribution in [0.4, 0.5) is 5.69 Å². The Morgan fingerprint density at radius 1 is 1.00 bits per heavy atom. The minimum atomic E-state index is -1.01. The molecule has 24 heavy (non-hydrogen) atoms. The molecule has 2 N–H and O–H groups in total. The van der Waals surface area contributed by atoms with E-state index >= 15 is 0 Å². The molecule has 3 rings (SSSR count). The van der Waals surface area contributed by atoms with Gasteiger partial charge in [-0.25, -0.2) is 0 Å². The summed E-state index contributed by atoms with van der Waals surface area (Å²) in [5, 5.41) is 0.741. The Hall–Kier alpha value is -2.04. The van der Waals surface area contributed by atoms with Crippen molar-refractivity contribution in [1.82, 2.24) is 4.90 Å². The van der Waals surface area contributed by atoms with Crippen LogP contribution in [0.5, 0.6) is 0 Å². The maximum atomic E-state index is 12.9. The second-order valence-corrected chi connectivity index (χ2v) is 6.71. The van der Waals surface area contributed by atoms with Gasteiger partial charge in [0.2, 0.25) is 5.91 Å². The first-order valence-corrected chi connectivity index (χ1v) is 8.51. The molecular formula is C19H22ClN3O. The molecular weight excluding hydrogens is 322 g/mol. The normalized spacial score (nSPS) is 17.5. The van der Waals surface area contributed by atoms with Crippen LogP contribution in [-0.2, 0) is 10.3 Å². The highest BCUT2D eigenvalue weighted by Gasteiger charge is 2.35. The van der Waals surface area contributed by atoms with Gasteiger partial charge >= 0.3 is 0 Å². The molecule has 1 atom stereocenters. The van der Waals surface area contributed by atoms with Crippen LogP contribution >= 0.6 is 11.6 Å². The number of piperazine rings is 1. The van der Waals surface area contributed by atoms with Gasteiger partial charge < -0.3 is 15.5 Å². The minimum Gasteiger partial charge on any atom is -0.367 e. The Labute approximate surface area is 147 Å². The second kappa shape index (κ2) is 6.83. The Morgan fingerprint density at radius 3 is 2.21 bits per heavy atom. The van der Waals surface area contributed by atoms with Crippen LogP contribution in [0.1, 0.15) is 12.5 Å². The Bertz CT molecular complexity index is 710. The number of carbonyl (C=O) groups is 1. The van der Waals surface area contributed by atoms with Crippen LogP contribution in [-0.4, -0.2) is 37.0 Å². The molecule has 1 aliphatic heterocycles. The van der Waals surface area contributed by atoms with E-state index in [4.69, 9.17) is 17.3 Å². The van der Waals surface area contributed by atoms with Gasteiger partial charge in [0.1, 0.15) is 5.54 Å². The van der Waals surface area contributed by atoms with E-state index < -0.39 is 5.54 Å². The SMILES string of the molecule is CC(N)(C(=O)N1CCN(c2ccccc2Cl)CC1)c1ccccc1. The molecule has 5 heteroatoms. The van der Waals surface area contributed by atoms with Crippen molar-refractivity contribution >= 4 is 23.2 Å². The summed E-state index contributed by atoms with van der Waals surface area (Å²) in [5.74, 6) is -0.0347. The first-order valence-electron chi connectivity index (χ1n) is 8.13. The summed E-state index contributed by atoms with van der Waals surface area (Å²) >= 11 is 6.27. The standard InChI is InChI=1S/C19H22ClN3O/c1-19(21,15-7-3-2-4-8-15)18(24)23-13-11-22(12-14-23)17-10-6-5-9-16(17)20/h2-10H,11-14,21H2,1H3. The molecule has 4 nitrogen and oxygen atoms in total. The monoisotopic (exact) mass is 343 g/mol. The Morgan fingerprint density at radius 2 is 1.58 bits per heavy atom. The van der Waals surface area contributed by atoms with E-state index in [1.807, 2.05) is 59.5 Å². The van der Waals surface area contributed by atoms with Gasteiger partial charge in [-0.05, 0) is 24.6 Å². The molecule has 1 saturated heterocycles. The lowest BCUT2D eigenvalue weighted by molar-refractivity contribution is -0.137. The molecule has 0 radical (unpaired) electrons. The molecule has 1 unspecified atom stereocenters. The van der Waals surface area contributed by atoms with Crippen molar-refractivity contribution < 1.29 is 4.79 Å². The van der Waals surface area contributed by atoms with Crippen LogP contribution < -0.4 is 10.6 Å². The molecule has 1 amide bonds. The van der Waals surface area contributed by atoms with Crippen molar-refractivity contribution in [3.63, 3.8) is 0 Å². The van der Waals surface area contributed by atoms with Gasteiger partial charge in [0.05, 0.1) is 10.7 Å². The number of anilines is 1. The van der Waals surface area contributed by atoms with E-state index in [0.717, 1.165) is 29.4 Å². The van der Waals surface area contributed by atoms with Crippen molar-refractivity contribution in [2.24, 2.45) is 5.73 Å². The molecule has 1 heterocycles. The van der Waals surface area contributed by atoms with Gasteiger partial charge in [0, 0.05) is 26.2 Å². The van der Waals surface area contributed by atoms with E-state index in [2.05, 4.69) is 4.90 Å². The number of halogens is 1. The number of hydrogen-bond acceptors (Lipinski definition) is 3. The van der Waals surface area contributed by atoms with Crippen LogP contribution in [0.25, 0.3) is 0 Å². The fraction of sp³-hybridized carbons (Fsp3) is 0.316. The summed E-state index contributed by atoms with van der Waals surface area (Å²) in [6.07, 6.45) is 0. The highest BCUT2D eigenvalue weighted by atomic mass is 35.5. The molecule has 1 aliphatic rings. The third-order valence-electron chi connectivity index (χ3n) is 4.58. The highest BCUT2D eigenvalue weighted by Crippen LogP contribution is 2.27. The van der Waals surface area contributed by atoms with E-state index in [1.165, 1.54) is 0 Å². The van der Waals surface area contributed by atoms with Gasteiger partial charge in [0.15, 0.2) is 0 Å². The fourth-order valence-corrected chi connectivity index (χ4v) is 3.35. The van der Waals surface area contributed by atoms with Crippen LogP contribution in [0, 0.1) is 0 Å². The van der Waals surface area contributed by atoms with Crippen molar-refractivity contribution in [3.05, 3.63) is 65.2 Å². The maximum absolute atomic E-state index is 12.9. The largest absolute Gasteiger partial charge is 0.367 e. The maximum Gasteiger partial charge on any atom is 0.247 e. The molecule has 126 valence electrons. The van der Waals surface area contributed by atoms with Gasteiger partial charge in [-0.2, -0.15) is 0 Å². The molecule has 0 aromatic heterocycles. The molecule has 2 aromatic rings. The average molecular weight is 344 g/mol. The summed E-state index contributed by atoms with van der Waals surface area (Å²) in [5.41, 5.74) is 7.21. The van der Waals surface area contributed by atoms with E-state index in [0.29, 0.717) is 13.1 Å². The zero-order valence-electron chi connectivity index (χ0n) is 13.8. The van der Waals surface area contributed by atoms with Gasteiger partial charge in [-0.3, -0.25) is 4.79 Å². The van der Waals surface area contributed by atoms with E-state index in [1.54, 1.807) is 6.92 Å². The highest BCUT2D eigenvalue weighted by molar-refractivity contribution is 6.33. The molecule has 0 saturated carbocycles. The summed E-state index contributed by atoms with van der Waals surface area (Å²) in [6, 6.07) is 17.3. The smallest absolute Gasteiger partial charge is 0.247 e. The first-order chi connectivity index (χ1) is 11.5. The predicted molar refractivity (Wildman–Crippen MR) is 98.2 cm³/mol. The topological polar surface area (TPSA) is 49.6 Å². The molecule has 0 bridgehead atoms. The fourth-order valence-electron chi connectivity index (χ4n) is 3.09.